The van der Waals surface area contributed by atoms with Crippen LogP contribution in [0.25, 0.3) is 0 Å². The van der Waals surface area contributed by atoms with E-state index in [0.29, 0.717) is 5.56 Å². The lowest BCUT2D eigenvalue weighted by atomic mass is 10.1. The molecule has 0 bridgehead atoms. The monoisotopic (exact) mass is 169 g/mol. The number of carbonyl (C=O) groups is 1. The molecule has 1 aromatic carbocycles. The van der Waals surface area contributed by atoms with Crippen molar-refractivity contribution in [3.05, 3.63) is 29.1 Å². The zero-order valence-electron chi connectivity index (χ0n) is 6.47. The maximum atomic E-state index is 12.7. The Morgan fingerprint density at radius 1 is 1.58 bits per heavy atom. The molecular weight excluding hydrogens is 161 g/mol. The van der Waals surface area contributed by atoms with Crippen molar-refractivity contribution in [3.8, 4) is 5.75 Å². The first-order valence-electron chi connectivity index (χ1n) is 3.32. The van der Waals surface area contributed by atoms with E-state index >= 15 is 0 Å². The van der Waals surface area contributed by atoms with Gasteiger partial charge in [-0.3, -0.25) is 4.79 Å². The SMILES string of the molecule is Cc1ccc(F)c(O)c1C(N)=O. The smallest absolute Gasteiger partial charge is 0.252 e. The van der Waals surface area contributed by atoms with E-state index in [0.717, 1.165) is 6.07 Å². The van der Waals surface area contributed by atoms with Crippen LogP contribution < -0.4 is 5.73 Å². The van der Waals surface area contributed by atoms with E-state index in [2.05, 4.69) is 0 Å². The molecule has 0 saturated heterocycles. The third-order valence-electron chi connectivity index (χ3n) is 1.58. The molecule has 0 atom stereocenters. The van der Waals surface area contributed by atoms with Crippen LogP contribution >= 0.6 is 0 Å². The summed E-state index contributed by atoms with van der Waals surface area (Å²) in [5.41, 5.74) is 5.22. The zero-order valence-corrected chi connectivity index (χ0v) is 6.47. The Bertz CT molecular complexity index is 336. The zero-order chi connectivity index (χ0) is 9.30. The molecule has 0 saturated carbocycles. The van der Waals surface area contributed by atoms with E-state index in [1.54, 1.807) is 6.92 Å². The van der Waals surface area contributed by atoms with Gasteiger partial charge < -0.3 is 10.8 Å². The summed E-state index contributed by atoms with van der Waals surface area (Å²) < 4.78 is 12.7. The summed E-state index contributed by atoms with van der Waals surface area (Å²) in [5.74, 6) is -2.35. The van der Waals surface area contributed by atoms with Crippen molar-refractivity contribution in [1.29, 1.82) is 0 Å². The first-order chi connectivity index (χ1) is 5.54. The second kappa shape index (κ2) is 2.81. The van der Waals surface area contributed by atoms with Crippen LogP contribution in [0.3, 0.4) is 0 Å². The Balaban J connectivity index is 3.43. The Kier molecular flexibility index (Phi) is 1.99. The van der Waals surface area contributed by atoms with Crippen molar-refractivity contribution >= 4 is 5.91 Å². The van der Waals surface area contributed by atoms with Gasteiger partial charge in [0.1, 0.15) is 0 Å². The van der Waals surface area contributed by atoms with Crippen LogP contribution in [-0.2, 0) is 0 Å². The quantitative estimate of drug-likeness (QED) is 0.657. The summed E-state index contributed by atoms with van der Waals surface area (Å²) in [7, 11) is 0. The van der Waals surface area contributed by atoms with Gasteiger partial charge in [-0.1, -0.05) is 6.07 Å². The number of amides is 1. The molecule has 0 unspecified atom stereocenters. The number of nitrogens with two attached hydrogens (primary N) is 1. The first-order valence-corrected chi connectivity index (χ1v) is 3.32. The molecule has 0 aliphatic carbocycles. The molecule has 0 fully saturated rings. The summed E-state index contributed by atoms with van der Waals surface area (Å²) in [6.45, 7) is 1.57. The second-order valence-corrected chi connectivity index (χ2v) is 2.45. The van der Waals surface area contributed by atoms with Crippen LogP contribution in [0.2, 0.25) is 0 Å². The fraction of sp³-hybridized carbons (Fsp3) is 0.125. The standard InChI is InChI=1S/C8H8FNO2/c1-4-2-3-5(9)7(11)6(4)8(10)12/h2-3,11H,1H3,(H2,10,12). The normalized spacial score (nSPS) is 9.83. The number of primary amides is 1. The van der Waals surface area contributed by atoms with Crippen molar-refractivity contribution in [2.45, 2.75) is 6.92 Å². The van der Waals surface area contributed by atoms with Crippen molar-refractivity contribution in [1.82, 2.24) is 0 Å². The number of benzene rings is 1. The van der Waals surface area contributed by atoms with E-state index in [-0.39, 0.29) is 5.56 Å². The van der Waals surface area contributed by atoms with Gasteiger partial charge in [-0.2, -0.15) is 0 Å². The summed E-state index contributed by atoms with van der Waals surface area (Å²) in [6.07, 6.45) is 0. The number of aryl methyl sites for hydroxylation is 1. The van der Waals surface area contributed by atoms with E-state index in [4.69, 9.17) is 10.8 Å². The van der Waals surface area contributed by atoms with Gasteiger partial charge in [-0.15, -0.1) is 0 Å². The van der Waals surface area contributed by atoms with Crippen LogP contribution in [-0.4, -0.2) is 11.0 Å². The molecule has 1 aromatic rings. The van der Waals surface area contributed by atoms with Gasteiger partial charge in [0.2, 0.25) is 0 Å². The highest BCUT2D eigenvalue weighted by Crippen LogP contribution is 2.23. The van der Waals surface area contributed by atoms with Crippen LogP contribution in [0.1, 0.15) is 15.9 Å². The van der Waals surface area contributed by atoms with E-state index in [9.17, 15) is 9.18 Å². The summed E-state index contributed by atoms with van der Waals surface area (Å²) in [5, 5.41) is 9.07. The predicted molar refractivity (Wildman–Crippen MR) is 41.3 cm³/mol. The Labute approximate surface area is 68.6 Å². The number of phenols is 1. The van der Waals surface area contributed by atoms with Gasteiger partial charge >= 0.3 is 0 Å². The first kappa shape index (κ1) is 8.52. The molecule has 1 rings (SSSR count). The average Bonchev–Trinajstić information content (AvgIpc) is 1.97. The topological polar surface area (TPSA) is 63.3 Å². The van der Waals surface area contributed by atoms with Crippen LogP contribution in [0, 0.1) is 12.7 Å². The minimum Gasteiger partial charge on any atom is -0.504 e. The fourth-order valence-corrected chi connectivity index (χ4v) is 0.978. The summed E-state index contributed by atoms with van der Waals surface area (Å²) in [4.78, 5) is 10.7. The van der Waals surface area contributed by atoms with Crippen LogP contribution in [0.15, 0.2) is 12.1 Å². The highest BCUT2D eigenvalue weighted by Gasteiger charge is 2.14. The molecule has 0 spiro atoms. The van der Waals surface area contributed by atoms with Crippen molar-refractivity contribution in [2.24, 2.45) is 5.73 Å². The molecule has 0 aliphatic heterocycles. The molecule has 4 heteroatoms. The molecular formula is C8H8FNO2. The van der Waals surface area contributed by atoms with Crippen molar-refractivity contribution < 1.29 is 14.3 Å². The number of hydrogen-bond donors (Lipinski definition) is 2. The Morgan fingerprint density at radius 3 is 2.58 bits per heavy atom. The molecule has 0 heterocycles. The van der Waals surface area contributed by atoms with Gasteiger partial charge in [0.05, 0.1) is 5.56 Å². The molecule has 64 valence electrons. The van der Waals surface area contributed by atoms with Crippen molar-refractivity contribution in [2.75, 3.05) is 0 Å². The molecule has 0 aliphatic rings. The Morgan fingerprint density at radius 2 is 2.17 bits per heavy atom. The number of rotatable bonds is 1. The number of carbonyl (C=O) groups excluding carboxylic acids is 1. The molecule has 0 radical (unpaired) electrons. The molecule has 12 heavy (non-hydrogen) atoms. The van der Waals surface area contributed by atoms with Gasteiger partial charge in [-0.05, 0) is 18.6 Å². The highest BCUT2D eigenvalue weighted by atomic mass is 19.1. The molecule has 0 aromatic heterocycles. The maximum absolute atomic E-state index is 12.7. The number of halogens is 1. The molecule has 3 N–H and O–H groups in total. The Hall–Kier alpha value is -1.58. The lowest BCUT2D eigenvalue weighted by Crippen LogP contribution is -2.13. The fourth-order valence-electron chi connectivity index (χ4n) is 0.978. The lowest BCUT2D eigenvalue weighted by Gasteiger charge is -2.04. The number of aromatic hydroxyl groups is 1. The van der Waals surface area contributed by atoms with E-state index in [1.165, 1.54) is 6.07 Å². The second-order valence-electron chi connectivity index (χ2n) is 2.45. The van der Waals surface area contributed by atoms with Crippen LogP contribution in [0.4, 0.5) is 4.39 Å². The predicted octanol–water partition coefficient (Wildman–Crippen LogP) is 0.939. The van der Waals surface area contributed by atoms with Gasteiger partial charge in [0, 0.05) is 0 Å². The molecule has 3 nitrogen and oxygen atoms in total. The van der Waals surface area contributed by atoms with Crippen LogP contribution in [0.5, 0.6) is 5.75 Å². The minimum absolute atomic E-state index is 0.157. The highest BCUT2D eigenvalue weighted by molar-refractivity contribution is 5.97. The summed E-state index contributed by atoms with van der Waals surface area (Å²) >= 11 is 0. The average molecular weight is 169 g/mol. The van der Waals surface area contributed by atoms with Gasteiger partial charge in [0.25, 0.3) is 5.91 Å². The third-order valence-corrected chi connectivity index (χ3v) is 1.58. The van der Waals surface area contributed by atoms with Gasteiger partial charge in [-0.25, -0.2) is 4.39 Å². The lowest BCUT2D eigenvalue weighted by molar-refractivity contribution is 0.0996. The molecule has 1 amide bonds. The van der Waals surface area contributed by atoms with E-state index < -0.39 is 17.5 Å². The van der Waals surface area contributed by atoms with Gasteiger partial charge in [0.15, 0.2) is 11.6 Å². The maximum Gasteiger partial charge on any atom is 0.252 e. The minimum atomic E-state index is -0.839. The largest absolute Gasteiger partial charge is 0.504 e. The summed E-state index contributed by atoms with van der Waals surface area (Å²) in [6, 6.07) is 2.46. The number of hydrogen-bond acceptors (Lipinski definition) is 2. The third kappa shape index (κ3) is 1.23. The van der Waals surface area contributed by atoms with Crippen molar-refractivity contribution in [3.63, 3.8) is 0 Å². The van der Waals surface area contributed by atoms with E-state index in [1.807, 2.05) is 0 Å².